The van der Waals surface area contributed by atoms with Gasteiger partial charge in [-0.25, -0.2) is 9.67 Å². The molecule has 2 aromatic rings. The Morgan fingerprint density at radius 1 is 1.15 bits per heavy atom. The number of hydrogen-bond donors (Lipinski definition) is 1. The SMILES string of the molecule is CCn1ncnc1CNCc1ccc(C(F)(F)F)cc1. The minimum Gasteiger partial charge on any atom is -0.306 e. The molecular weight excluding hydrogens is 269 g/mol. The predicted molar refractivity (Wildman–Crippen MR) is 67.7 cm³/mol. The van der Waals surface area contributed by atoms with Gasteiger partial charge >= 0.3 is 6.18 Å². The summed E-state index contributed by atoms with van der Waals surface area (Å²) in [7, 11) is 0. The van der Waals surface area contributed by atoms with Crippen LogP contribution in [0.5, 0.6) is 0 Å². The van der Waals surface area contributed by atoms with E-state index in [0.717, 1.165) is 30.1 Å². The number of nitrogens with zero attached hydrogens (tertiary/aromatic N) is 3. The molecule has 20 heavy (non-hydrogen) atoms. The molecule has 0 saturated carbocycles. The van der Waals surface area contributed by atoms with Crippen LogP contribution in [0.3, 0.4) is 0 Å². The van der Waals surface area contributed by atoms with Gasteiger partial charge in [-0.05, 0) is 24.6 Å². The number of benzene rings is 1. The summed E-state index contributed by atoms with van der Waals surface area (Å²) >= 11 is 0. The van der Waals surface area contributed by atoms with Crippen LogP contribution in [0.2, 0.25) is 0 Å². The molecule has 0 aliphatic rings. The average Bonchev–Trinajstić information content (AvgIpc) is 2.86. The first kappa shape index (κ1) is 14.5. The minimum absolute atomic E-state index is 0.481. The average molecular weight is 284 g/mol. The van der Waals surface area contributed by atoms with Crippen molar-refractivity contribution in [3.05, 3.63) is 47.5 Å². The van der Waals surface area contributed by atoms with Crippen molar-refractivity contribution >= 4 is 0 Å². The second-order valence-electron chi connectivity index (χ2n) is 4.29. The molecule has 0 aliphatic carbocycles. The van der Waals surface area contributed by atoms with Crippen molar-refractivity contribution in [2.75, 3.05) is 0 Å². The van der Waals surface area contributed by atoms with E-state index in [9.17, 15) is 13.2 Å². The first-order valence-corrected chi connectivity index (χ1v) is 6.24. The summed E-state index contributed by atoms with van der Waals surface area (Å²) < 4.78 is 39.0. The van der Waals surface area contributed by atoms with Crippen LogP contribution < -0.4 is 5.32 Å². The highest BCUT2D eigenvalue weighted by Crippen LogP contribution is 2.28. The highest BCUT2D eigenvalue weighted by molar-refractivity contribution is 5.24. The molecule has 0 spiro atoms. The molecule has 1 N–H and O–H groups in total. The summed E-state index contributed by atoms with van der Waals surface area (Å²) in [6, 6.07) is 5.12. The van der Waals surface area contributed by atoms with E-state index in [0.29, 0.717) is 13.1 Å². The van der Waals surface area contributed by atoms with Crippen molar-refractivity contribution in [3.63, 3.8) is 0 Å². The van der Waals surface area contributed by atoms with Crippen LogP contribution in [0, 0.1) is 0 Å². The zero-order valence-corrected chi connectivity index (χ0v) is 11.0. The number of rotatable bonds is 5. The quantitative estimate of drug-likeness (QED) is 0.917. The Morgan fingerprint density at radius 2 is 1.85 bits per heavy atom. The summed E-state index contributed by atoms with van der Waals surface area (Å²) in [5.41, 5.74) is 0.160. The molecule has 0 amide bonds. The van der Waals surface area contributed by atoms with Crippen molar-refractivity contribution in [3.8, 4) is 0 Å². The summed E-state index contributed by atoms with van der Waals surface area (Å²) in [4.78, 5) is 4.11. The van der Waals surface area contributed by atoms with Gasteiger partial charge in [0.05, 0.1) is 12.1 Å². The number of halogens is 3. The Morgan fingerprint density at radius 3 is 2.45 bits per heavy atom. The van der Waals surface area contributed by atoms with Crippen LogP contribution >= 0.6 is 0 Å². The second-order valence-corrected chi connectivity index (χ2v) is 4.29. The van der Waals surface area contributed by atoms with Crippen LogP contribution in [0.25, 0.3) is 0 Å². The molecule has 2 rings (SSSR count). The first-order chi connectivity index (χ1) is 9.50. The highest BCUT2D eigenvalue weighted by atomic mass is 19.4. The molecule has 0 fully saturated rings. The van der Waals surface area contributed by atoms with Gasteiger partial charge in [0.15, 0.2) is 0 Å². The molecule has 108 valence electrons. The fourth-order valence-corrected chi connectivity index (χ4v) is 1.82. The lowest BCUT2D eigenvalue weighted by Crippen LogP contribution is -2.17. The summed E-state index contributed by atoms with van der Waals surface area (Å²) in [6.45, 7) is 3.70. The number of aromatic nitrogens is 3. The molecule has 0 unspecified atom stereocenters. The lowest BCUT2D eigenvalue weighted by Gasteiger charge is -2.08. The third-order valence-electron chi connectivity index (χ3n) is 2.89. The molecule has 4 nitrogen and oxygen atoms in total. The lowest BCUT2D eigenvalue weighted by atomic mass is 10.1. The molecule has 1 aromatic carbocycles. The van der Waals surface area contributed by atoms with Crippen molar-refractivity contribution in [2.24, 2.45) is 0 Å². The van der Waals surface area contributed by atoms with E-state index >= 15 is 0 Å². The third kappa shape index (κ3) is 3.57. The molecule has 1 aromatic heterocycles. The minimum atomic E-state index is -4.29. The van der Waals surface area contributed by atoms with Gasteiger partial charge < -0.3 is 5.32 Å². The van der Waals surface area contributed by atoms with Crippen LogP contribution in [-0.2, 0) is 25.8 Å². The maximum Gasteiger partial charge on any atom is 0.416 e. The third-order valence-corrected chi connectivity index (χ3v) is 2.89. The standard InChI is InChI=1S/C13H15F3N4/c1-2-20-12(18-9-19-20)8-17-7-10-3-5-11(6-4-10)13(14,15)16/h3-6,9,17H,2,7-8H2,1H3. The predicted octanol–water partition coefficient (Wildman–Crippen LogP) is 2.61. The summed E-state index contributed by atoms with van der Waals surface area (Å²) in [5, 5.41) is 7.17. The largest absolute Gasteiger partial charge is 0.416 e. The molecule has 7 heteroatoms. The van der Waals surface area contributed by atoms with Crippen LogP contribution in [0.1, 0.15) is 23.9 Å². The molecule has 0 atom stereocenters. The molecule has 0 radical (unpaired) electrons. The van der Waals surface area contributed by atoms with E-state index in [-0.39, 0.29) is 0 Å². The maximum absolute atomic E-state index is 12.4. The normalized spacial score (nSPS) is 11.8. The van der Waals surface area contributed by atoms with E-state index < -0.39 is 11.7 Å². The van der Waals surface area contributed by atoms with Crippen molar-refractivity contribution < 1.29 is 13.2 Å². The second kappa shape index (κ2) is 6.04. The van der Waals surface area contributed by atoms with E-state index in [2.05, 4.69) is 15.4 Å². The topological polar surface area (TPSA) is 42.7 Å². The van der Waals surface area contributed by atoms with E-state index in [4.69, 9.17) is 0 Å². The van der Waals surface area contributed by atoms with Gasteiger partial charge in [0.25, 0.3) is 0 Å². The Bertz CT molecular complexity index is 545. The Hall–Kier alpha value is -1.89. The summed E-state index contributed by atoms with van der Waals surface area (Å²) in [6.07, 6.45) is -2.80. The molecule has 0 bridgehead atoms. The zero-order chi connectivity index (χ0) is 14.6. The number of nitrogens with one attached hydrogen (secondary N) is 1. The molecule has 0 aliphatic heterocycles. The number of hydrogen-bond acceptors (Lipinski definition) is 3. The molecule has 0 saturated heterocycles. The van der Waals surface area contributed by atoms with Gasteiger partial charge in [0, 0.05) is 13.1 Å². The smallest absolute Gasteiger partial charge is 0.306 e. The van der Waals surface area contributed by atoms with Gasteiger partial charge in [0.1, 0.15) is 12.2 Å². The van der Waals surface area contributed by atoms with Crippen LogP contribution in [0.15, 0.2) is 30.6 Å². The Kier molecular flexibility index (Phi) is 4.39. The van der Waals surface area contributed by atoms with E-state index in [1.165, 1.54) is 18.5 Å². The van der Waals surface area contributed by atoms with Crippen molar-refractivity contribution in [1.29, 1.82) is 0 Å². The lowest BCUT2D eigenvalue weighted by molar-refractivity contribution is -0.137. The van der Waals surface area contributed by atoms with Gasteiger partial charge in [-0.3, -0.25) is 0 Å². The van der Waals surface area contributed by atoms with Gasteiger partial charge in [0.2, 0.25) is 0 Å². The first-order valence-electron chi connectivity index (χ1n) is 6.24. The molecular formula is C13H15F3N4. The number of aryl methyl sites for hydroxylation is 1. The van der Waals surface area contributed by atoms with E-state index in [1.54, 1.807) is 4.68 Å². The number of alkyl halides is 3. The van der Waals surface area contributed by atoms with Gasteiger partial charge in [-0.15, -0.1) is 0 Å². The van der Waals surface area contributed by atoms with Crippen LogP contribution in [-0.4, -0.2) is 14.8 Å². The van der Waals surface area contributed by atoms with Gasteiger partial charge in [-0.1, -0.05) is 12.1 Å². The maximum atomic E-state index is 12.4. The van der Waals surface area contributed by atoms with Crippen LogP contribution in [0.4, 0.5) is 13.2 Å². The Labute approximate surface area is 114 Å². The fourth-order valence-electron chi connectivity index (χ4n) is 1.82. The monoisotopic (exact) mass is 284 g/mol. The summed E-state index contributed by atoms with van der Waals surface area (Å²) in [5.74, 6) is 0.805. The van der Waals surface area contributed by atoms with E-state index in [1.807, 2.05) is 6.92 Å². The van der Waals surface area contributed by atoms with Crippen molar-refractivity contribution in [2.45, 2.75) is 32.7 Å². The van der Waals surface area contributed by atoms with Crippen molar-refractivity contribution in [1.82, 2.24) is 20.1 Å². The zero-order valence-electron chi connectivity index (χ0n) is 11.0. The van der Waals surface area contributed by atoms with Gasteiger partial charge in [-0.2, -0.15) is 18.3 Å². The fraction of sp³-hybridized carbons (Fsp3) is 0.385. The Balaban J connectivity index is 1.88. The molecule has 1 heterocycles. The highest BCUT2D eigenvalue weighted by Gasteiger charge is 2.29.